The highest BCUT2D eigenvalue weighted by Gasteiger charge is 2.30. The second-order valence-electron chi connectivity index (χ2n) is 6.49. The molecular formula is C23H17F3N4O3. The normalized spacial score (nSPS) is 11.3. The lowest BCUT2D eigenvalue weighted by Gasteiger charge is -2.11. The Balaban J connectivity index is 1.64. The molecule has 0 heterocycles. The predicted octanol–water partition coefficient (Wildman–Crippen LogP) is 5.06. The Morgan fingerprint density at radius 2 is 1.58 bits per heavy atom. The summed E-state index contributed by atoms with van der Waals surface area (Å²) in [5, 5.41) is 15.4. The van der Waals surface area contributed by atoms with Gasteiger partial charge in [-0.15, -0.1) is 13.2 Å². The van der Waals surface area contributed by atoms with Gasteiger partial charge >= 0.3 is 12.4 Å². The van der Waals surface area contributed by atoms with E-state index in [-0.39, 0.29) is 12.3 Å². The second-order valence-corrected chi connectivity index (χ2v) is 6.49. The van der Waals surface area contributed by atoms with Gasteiger partial charge in [-0.2, -0.15) is 10.4 Å². The Labute approximate surface area is 187 Å². The van der Waals surface area contributed by atoms with Crippen LogP contribution in [0, 0.1) is 11.3 Å². The molecule has 0 aliphatic rings. The van der Waals surface area contributed by atoms with Crippen molar-refractivity contribution >= 4 is 17.4 Å². The molecule has 2 N–H and O–H groups in total. The molecule has 0 saturated carbocycles. The van der Waals surface area contributed by atoms with Crippen molar-refractivity contribution in [1.29, 1.82) is 5.26 Å². The Morgan fingerprint density at radius 3 is 2.18 bits per heavy atom. The van der Waals surface area contributed by atoms with Crippen molar-refractivity contribution in [2.24, 2.45) is 5.10 Å². The lowest BCUT2D eigenvalue weighted by molar-refractivity contribution is -0.274. The van der Waals surface area contributed by atoms with Crippen LogP contribution in [0.5, 0.6) is 11.5 Å². The van der Waals surface area contributed by atoms with Gasteiger partial charge in [0.15, 0.2) is 0 Å². The van der Waals surface area contributed by atoms with Gasteiger partial charge in [-0.3, -0.25) is 0 Å². The zero-order valence-corrected chi connectivity index (χ0v) is 17.0. The number of alkyl halides is 3. The standard InChI is InChI=1S/C23H17F3N4O3/c24-23(25,26)33-20-12-8-18(9-13-20)28-22(31)30-29-21(17-4-2-1-3-5-17)15-32-19-10-6-16(14-27)7-11-19/h1-13H,15H2,(H2,28,30,31). The van der Waals surface area contributed by atoms with Crippen molar-refractivity contribution in [3.63, 3.8) is 0 Å². The SMILES string of the molecule is N#Cc1ccc(OCC(=NNC(=O)Nc2ccc(OC(F)(F)F)cc2)c2ccccc2)cc1. The van der Waals surface area contributed by atoms with Gasteiger partial charge in [0.25, 0.3) is 0 Å². The maximum absolute atomic E-state index is 12.2. The third-order valence-corrected chi connectivity index (χ3v) is 4.10. The zero-order chi connectivity index (χ0) is 23.7. The summed E-state index contributed by atoms with van der Waals surface area (Å²) < 4.78 is 46.2. The molecule has 0 fully saturated rings. The number of anilines is 1. The average Bonchev–Trinajstić information content (AvgIpc) is 2.80. The van der Waals surface area contributed by atoms with Gasteiger partial charge < -0.3 is 14.8 Å². The van der Waals surface area contributed by atoms with Crippen LogP contribution in [0.1, 0.15) is 11.1 Å². The van der Waals surface area contributed by atoms with E-state index in [1.54, 1.807) is 48.5 Å². The maximum atomic E-state index is 12.2. The number of nitrogens with zero attached hydrogens (tertiary/aromatic N) is 2. The average molecular weight is 454 g/mol. The summed E-state index contributed by atoms with van der Waals surface area (Å²) in [6, 6.07) is 21.5. The van der Waals surface area contributed by atoms with E-state index in [1.165, 1.54) is 12.1 Å². The molecule has 0 spiro atoms. The monoisotopic (exact) mass is 454 g/mol. The number of carbonyl (C=O) groups excluding carboxylic acids is 1. The number of nitriles is 1. The number of hydrazone groups is 1. The lowest BCUT2D eigenvalue weighted by atomic mass is 10.1. The van der Waals surface area contributed by atoms with Crippen LogP contribution in [-0.4, -0.2) is 24.7 Å². The molecule has 7 nitrogen and oxygen atoms in total. The molecule has 0 atom stereocenters. The van der Waals surface area contributed by atoms with E-state index < -0.39 is 18.1 Å². The van der Waals surface area contributed by atoms with Gasteiger partial charge in [-0.05, 0) is 48.5 Å². The fourth-order valence-corrected chi connectivity index (χ4v) is 2.61. The summed E-state index contributed by atoms with van der Waals surface area (Å²) in [6.07, 6.45) is -4.80. The molecule has 0 aromatic heterocycles. The van der Waals surface area contributed by atoms with Crippen molar-refractivity contribution in [2.45, 2.75) is 6.36 Å². The van der Waals surface area contributed by atoms with E-state index in [1.807, 2.05) is 12.1 Å². The minimum Gasteiger partial charge on any atom is -0.487 e. The first kappa shape index (κ1) is 23.1. The van der Waals surface area contributed by atoms with E-state index in [0.29, 0.717) is 22.6 Å². The fraction of sp³-hybridized carbons (Fsp3) is 0.0870. The molecule has 10 heteroatoms. The van der Waals surface area contributed by atoms with Crippen LogP contribution >= 0.6 is 0 Å². The molecule has 33 heavy (non-hydrogen) atoms. The topological polar surface area (TPSA) is 95.7 Å². The molecule has 0 saturated heterocycles. The van der Waals surface area contributed by atoms with E-state index in [4.69, 9.17) is 10.00 Å². The molecule has 0 unspecified atom stereocenters. The highest BCUT2D eigenvalue weighted by Crippen LogP contribution is 2.23. The van der Waals surface area contributed by atoms with Crippen molar-refractivity contribution < 1.29 is 27.4 Å². The smallest absolute Gasteiger partial charge is 0.487 e. The Kier molecular flexibility index (Phi) is 7.49. The van der Waals surface area contributed by atoms with Crippen LogP contribution in [0.25, 0.3) is 0 Å². The van der Waals surface area contributed by atoms with E-state index in [0.717, 1.165) is 12.1 Å². The van der Waals surface area contributed by atoms with Gasteiger partial charge in [-0.1, -0.05) is 30.3 Å². The Bertz CT molecular complexity index is 1140. The van der Waals surface area contributed by atoms with E-state index in [2.05, 4.69) is 20.6 Å². The van der Waals surface area contributed by atoms with Crippen LogP contribution in [0.3, 0.4) is 0 Å². The molecule has 0 aliphatic carbocycles. The highest BCUT2D eigenvalue weighted by atomic mass is 19.4. The van der Waals surface area contributed by atoms with Crippen molar-refractivity contribution in [2.75, 3.05) is 11.9 Å². The summed E-state index contributed by atoms with van der Waals surface area (Å²) in [5.74, 6) is 0.112. The first-order valence-electron chi connectivity index (χ1n) is 9.50. The molecule has 2 amide bonds. The number of ether oxygens (including phenoxy) is 2. The van der Waals surface area contributed by atoms with Crippen molar-refractivity contribution in [1.82, 2.24) is 5.43 Å². The molecule has 3 rings (SSSR count). The summed E-state index contributed by atoms with van der Waals surface area (Å²) in [7, 11) is 0. The Hall–Kier alpha value is -4.52. The van der Waals surface area contributed by atoms with E-state index in [9.17, 15) is 18.0 Å². The molecule has 0 aliphatic heterocycles. The molecule has 3 aromatic rings. The molecule has 3 aromatic carbocycles. The second kappa shape index (κ2) is 10.7. The number of amides is 2. The number of hydrogen-bond acceptors (Lipinski definition) is 5. The first-order valence-corrected chi connectivity index (χ1v) is 9.50. The summed E-state index contributed by atoms with van der Waals surface area (Å²) in [6.45, 7) is 0.0275. The highest BCUT2D eigenvalue weighted by molar-refractivity contribution is 6.02. The van der Waals surface area contributed by atoms with Crippen molar-refractivity contribution in [3.8, 4) is 17.6 Å². The number of rotatable bonds is 7. The molecule has 0 bridgehead atoms. The third kappa shape index (κ3) is 7.59. The number of halogens is 3. The van der Waals surface area contributed by atoms with Crippen LogP contribution in [0.4, 0.5) is 23.7 Å². The van der Waals surface area contributed by atoms with Crippen LogP contribution in [0.15, 0.2) is 84.0 Å². The molecule has 0 radical (unpaired) electrons. The maximum Gasteiger partial charge on any atom is 0.573 e. The lowest BCUT2D eigenvalue weighted by Crippen LogP contribution is -2.27. The number of benzene rings is 3. The fourth-order valence-electron chi connectivity index (χ4n) is 2.61. The van der Waals surface area contributed by atoms with Gasteiger partial charge in [0, 0.05) is 11.3 Å². The molecule has 168 valence electrons. The van der Waals surface area contributed by atoms with Crippen LogP contribution in [0.2, 0.25) is 0 Å². The minimum absolute atomic E-state index is 0.0275. The number of nitrogens with one attached hydrogen (secondary N) is 2. The summed E-state index contributed by atoms with van der Waals surface area (Å²) in [5.41, 5.74) is 4.21. The van der Waals surface area contributed by atoms with Gasteiger partial charge in [0.2, 0.25) is 0 Å². The van der Waals surface area contributed by atoms with E-state index >= 15 is 0 Å². The summed E-state index contributed by atoms with van der Waals surface area (Å²) >= 11 is 0. The van der Waals surface area contributed by atoms with Gasteiger partial charge in [-0.25, -0.2) is 10.2 Å². The predicted molar refractivity (Wildman–Crippen MR) is 115 cm³/mol. The summed E-state index contributed by atoms with van der Waals surface area (Å²) in [4.78, 5) is 12.2. The van der Waals surface area contributed by atoms with Gasteiger partial charge in [0.05, 0.1) is 11.6 Å². The first-order chi connectivity index (χ1) is 15.8. The zero-order valence-electron chi connectivity index (χ0n) is 17.0. The largest absolute Gasteiger partial charge is 0.573 e. The molecular weight excluding hydrogens is 437 g/mol. The van der Waals surface area contributed by atoms with Crippen molar-refractivity contribution in [3.05, 3.63) is 90.0 Å². The van der Waals surface area contributed by atoms with Crippen LogP contribution < -0.4 is 20.2 Å². The number of urea groups is 1. The number of carbonyl (C=O) groups is 1. The van der Waals surface area contributed by atoms with Gasteiger partial charge in [0.1, 0.15) is 23.8 Å². The third-order valence-electron chi connectivity index (χ3n) is 4.10. The quantitative estimate of drug-likeness (QED) is 0.385. The Morgan fingerprint density at radius 1 is 0.939 bits per heavy atom. The minimum atomic E-state index is -4.80. The van der Waals surface area contributed by atoms with Crippen LogP contribution in [-0.2, 0) is 0 Å². The number of hydrogen-bond donors (Lipinski definition) is 2.